The zero-order chi connectivity index (χ0) is 21.9. The van der Waals surface area contributed by atoms with Crippen LogP contribution in [0.1, 0.15) is 16.8 Å². The second kappa shape index (κ2) is 8.97. The molecule has 0 radical (unpaired) electrons. The van der Waals surface area contributed by atoms with Gasteiger partial charge in [0.25, 0.3) is 0 Å². The molecule has 3 heterocycles. The van der Waals surface area contributed by atoms with Crippen molar-refractivity contribution in [2.24, 2.45) is 0 Å². The first-order valence-electron chi connectivity index (χ1n) is 11.3. The van der Waals surface area contributed by atoms with Gasteiger partial charge in [0.15, 0.2) is 5.65 Å². The largest absolute Gasteiger partial charge is 0.354 e. The summed E-state index contributed by atoms with van der Waals surface area (Å²) in [5, 5.41) is 4.99. The maximum Gasteiger partial charge on any atom is 0.161 e. The summed E-state index contributed by atoms with van der Waals surface area (Å²) in [6.07, 6.45) is 4.47. The minimum absolute atomic E-state index is 0.951. The summed E-state index contributed by atoms with van der Waals surface area (Å²) in [5.41, 5.74) is 6.51. The maximum absolute atomic E-state index is 4.99. The number of piperazine rings is 1. The number of aromatic nitrogens is 3. The molecule has 162 valence electrons. The molecule has 0 unspecified atom stereocenters. The lowest BCUT2D eigenvalue weighted by molar-refractivity contribution is 0.283. The highest BCUT2D eigenvalue weighted by Gasteiger charge is 2.21. The van der Waals surface area contributed by atoms with Crippen LogP contribution >= 0.6 is 0 Å². The van der Waals surface area contributed by atoms with Crippen molar-refractivity contribution in [2.75, 3.05) is 37.6 Å². The van der Waals surface area contributed by atoms with Gasteiger partial charge in [-0.1, -0.05) is 72.8 Å². The molecule has 0 aliphatic carbocycles. The highest BCUT2D eigenvalue weighted by atomic mass is 15.4. The van der Waals surface area contributed by atoms with Gasteiger partial charge in [-0.05, 0) is 19.4 Å². The molecule has 0 amide bonds. The Morgan fingerprint density at radius 3 is 2.28 bits per heavy atom. The lowest BCUT2D eigenvalue weighted by Gasteiger charge is -2.35. The minimum atomic E-state index is 0.951. The predicted molar refractivity (Wildman–Crippen MR) is 132 cm³/mol. The van der Waals surface area contributed by atoms with E-state index in [1.165, 1.54) is 5.56 Å². The molecule has 5 rings (SSSR count). The molecule has 2 aromatic carbocycles. The summed E-state index contributed by atoms with van der Waals surface area (Å²) in [6.45, 7) is 9.21. The average molecular weight is 424 g/mol. The van der Waals surface area contributed by atoms with E-state index in [1.807, 2.05) is 10.6 Å². The zero-order valence-corrected chi connectivity index (χ0v) is 18.8. The summed E-state index contributed by atoms with van der Waals surface area (Å²) in [5.74, 6) is 1.14. The van der Waals surface area contributed by atoms with Crippen LogP contribution in [0.4, 0.5) is 5.82 Å². The summed E-state index contributed by atoms with van der Waals surface area (Å²) < 4.78 is 2.04. The van der Waals surface area contributed by atoms with Gasteiger partial charge in [-0.15, -0.1) is 0 Å². The van der Waals surface area contributed by atoms with Gasteiger partial charge < -0.3 is 4.90 Å². The van der Waals surface area contributed by atoms with Crippen LogP contribution in [0.15, 0.2) is 72.8 Å². The number of anilines is 1. The molecule has 0 N–H and O–H groups in total. The average Bonchev–Trinajstić information content (AvgIpc) is 3.16. The highest BCUT2D eigenvalue weighted by Crippen LogP contribution is 2.28. The molecule has 0 atom stereocenters. The van der Waals surface area contributed by atoms with Crippen molar-refractivity contribution in [2.45, 2.75) is 13.8 Å². The normalized spacial score (nSPS) is 15.1. The number of aryl methyl sites for hydroxylation is 2. The van der Waals surface area contributed by atoms with Crippen molar-refractivity contribution in [1.29, 1.82) is 0 Å². The Hall–Kier alpha value is -3.44. The molecular formula is C27H29N5. The first kappa shape index (κ1) is 20.5. The van der Waals surface area contributed by atoms with Crippen molar-refractivity contribution < 1.29 is 0 Å². The number of hydrogen-bond acceptors (Lipinski definition) is 4. The van der Waals surface area contributed by atoms with Crippen LogP contribution in [0.5, 0.6) is 0 Å². The Morgan fingerprint density at radius 2 is 1.56 bits per heavy atom. The lowest BCUT2D eigenvalue weighted by atomic mass is 10.1. The summed E-state index contributed by atoms with van der Waals surface area (Å²) in [4.78, 5) is 9.76. The smallest absolute Gasteiger partial charge is 0.161 e. The van der Waals surface area contributed by atoms with Crippen molar-refractivity contribution in [3.05, 3.63) is 89.6 Å². The van der Waals surface area contributed by atoms with E-state index in [0.29, 0.717) is 0 Å². The van der Waals surface area contributed by atoms with Gasteiger partial charge in [0.05, 0.1) is 5.69 Å². The molecule has 2 aromatic heterocycles. The van der Waals surface area contributed by atoms with Gasteiger partial charge in [-0.25, -0.2) is 4.98 Å². The van der Waals surface area contributed by atoms with Gasteiger partial charge >= 0.3 is 0 Å². The van der Waals surface area contributed by atoms with E-state index in [-0.39, 0.29) is 0 Å². The van der Waals surface area contributed by atoms with Crippen LogP contribution in [0.3, 0.4) is 0 Å². The molecule has 0 spiro atoms. The molecule has 5 heteroatoms. The van der Waals surface area contributed by atoms with Crippen LogP contribution in [-0.2, 0) is 0 Å². The highest BCUT2D eigenvalue weighted by molar-refractivity contribution is 5.71. The van der Waals surface area contributed by atoms with E-state index < -0.39 is 0 Å². The van der Waals surface area contributed by atoms with E-state index in [2.05, 4.69) is 96.5 Å². The Bertz CT molecular complexity index is 1220. The molecule has 0 saturated carbocycles. The monoisotopic (exact) mass is 423 g/mol. The molecule has 0 bridgehead atoms. The molecule has 1 fully saturated rings. The summed E-state index contributed by atoms with van der Waals surface area (Å²) >= 11 is 0. The van der Waals surface area contributed by atoms with Gasteiger partial charge in [0.1, 0.15) is 5.82 Å². The quantitative estimate of drug-likeness (QED) is 0.460. The zero-order valence-electron chi connectivity index (χ0n) is 18.8. The summed E-state index contributed by atoms with van der Waals surface area (Å²) in [6, 6.07) is 23.0. The standard InChI is InChI=1S/C27H29N5/c1-21-20-25(32-27(28-21)22(2)26(29-32)24-13-7-4-8-14-24)31-18-16-30(17-19-31)15-9-12-23-10-5-3-6-11-23/h3-14,20H,15-19H2,1-2H3/b12-9+. The minimum Gasteiger partial charge on any atom is -0.354 e. The Kier molecular flexibility index (Phi) is 5.73. The topological polar surface area (TPSA) is 36.7 Å². The third-order valence-corrected chi connectivity index (χ3v) is 6.15. The van der Waals surface area contributed by atoms with Crippen LogP contribution in [-0.4, -0.2) is 52.2 Å². The molecule has 1 saturated heterocycles. The second-order valence-electron chi connectivity index (χ2n) is 8.43. The molecular weight excluding hydrogens is 394 g/mol. The van der Waals surface area contributed by atoms with Crippen molar-refractivity contribution >= 4 is 17.5 Å². The number of nitrogens with zero attached hydrogens (tertiary/aromatic N) is 5. The second-order valence-corrected chi connectivity index (χ2v) is 8.43. The van der Waals surface area contributed by atoms with Gasteiger partial charge in [-0.3, -0.25) is 4.90 Å². The van der Waals surface area contributed by atoms with E-state index in [4.69, 9.17) is 10.1 Å². The van der Waals surface area contributed by atoms with E-state index >= 15 is 0 Å². The number of benzene rings is 2. The fraction of sp³-hybridized carbons (Fsp3) is 0.259. The third-order valence-electron chi connectivity index (χ3n) is 6.15. The molecule has 5 nitrogen and oxygen atoms in total. The van der Waals surface area contributed by atoms with Crippen LogP contribution in [0, 0.1) is 13.8 Å². The number of hydrogen-bond donors (Lipinski definition) is 0. The van der Waals surface area contributed by atoms with Crippen LogP contribution in [0.2, 0.25) is 0 Å². The molecule has 32 heavy (non-hydrogen) atoms. The molecule has 4 aromatic rings. The first-order chi connectivity index (χ1) is 15.7. The summed E-state index contributed by atoms with van der Waals surface area (Å²) in [7, 11) is 0. The van der Waals surface area contributed by atoms with Crippen LogP contribution in [0.25, 0.3) is 23.0 Å². The Labute approximate surface area is 189 Å². The fourth-order valence-electron chi connectivity index (χ4n) is 4.38. The third kappa shape index (κ3) is 4.16. The van der Waals surface area contributed by atoms with E-state index in [0.717, 1.165) is 66.7 Å². The Balaban J connectivity index is 1.34. The first-order valence-corrected chi connectivity index (χ1v) is 11.3. The SMILES string of the molecule is Cc1cc(N2CCN(C/C=C/c3ccccc3)CC2)n2nc(-c3ccccc3)c(C)c2n1. The van der Waals surface area contributed by atoms with E-state index in [9.17, 15) is 0 Å². The fourth-order valence-corrected chi connectivity index (χ4v) is 4.38. The van der Waals surface area contributed by atoms with Crippen molar-refractivity contribution in [3.63, 3.8) is 0 Å². The molecule has 1 aliphatic rings. The molecule has 1 aliphatic heterocycles. The number of rotatable bonds is 5. The lowest BCUT2D eigenvalue weighted by Crippen LogP contribution is -2.47. The van der Waals surface area contributed by atoms with Gasteiger partial charge in [0.2, 0.25) is 0 Å². The van der Waals surface area contributed by atoms with Crippen molar-refractivity contribution in [1.82, 2.24) is 19.5 Å². The van der Waals surface area contributed by atoms with Gasteiger partial charge in [0, 0.05) is 55.6 Å². The van der Waals surface area contributed by atoms with Crippen molar-refractivity contribution in [3.8, 4) is 11.3 Å². The Morgan fingerprint density at radius 1 is 0.875 bits per heavy atom. The van der Waals surface area contributed by atoms with Gasteiger partial charge in [-0.2, -0.15) is 9.61 Å². The maximum atomic E-state index is 4.99. The number of fused-ring (bicyclic) bond motifs is 1. The van der Waals surface area contributed by atoms with Crippen LogP contribution < -0.4 is 4.90 Å². The van der Waals surface area contributed by atoms with E-state index in [1.54, 1.807) is 0 Å². The predicted octanol–water partition coefficient (Wildman–Crippen LogP) is 4.85.